The molecule has 0 aliphatic heterocycles. The second kappa shape index (κ2) is 6.38. The van der Waals surface area contributed by atoms with Crippen LogP contribution in [0.15, 0.2) is 18.2 Å². The molecule has 0 fully saturated rings. The number of hydrogen-bond acceptors (Lipinski definition) is 2. The molecule has 1 aromatic carbocycles. The monoisotopic (exact) mass is 241 g/mol. The van der Waals surface area contributed by atoms with E-state index in [1.807, 2.05) is 13.8 Å². The average Bonchev–Trinajstić information content (AvgIpc) is 2.29. The van der Waals surface area contributed by atoms with Crippen LogP contribution in [0.4, 0.5) is 0 Å². The molecule has 0 saturated carbocycles. The summed E-state index contributed by atoms with van der Waals surface area (Å²) >= 11 is 5.98. The first-order valence-electron chi connectivity index (χ1n) is 5.39. The molecular weight excluding hydrogens is 226 g/mol. The third-order valence-electron chi connectivity index (χ3n) is 2.03. The molecule has 0 aromatic heterocycles. The first-order valence-corrected chi connectivity index (χ1v) is 5.77. The van der Waals surface area contributed by atoms with Gasteiger partial charge >= 0.3 is 0 Å². The summed E-state index contributed by atoms with van der Waals surface area (Å²) in [4.78, 5) is 11.6. The zero-order valence-electron chi connectivity index (χ0n) is 9.55. The molecule has 1 rings (SSSR count). The van der Waals surface area contributed by atoms with Gasteiger partial charge in [0.1, 0.15) is 5.75 Å². The minimum absolute atomic E-state index is 0.105. The number of amides is 1. The molecule has 16 heavy (non-hydrogen) atoms. The number of carbonyl (C=O) groups is 1. The fourth-order valence-corrected chi connectivity index (χ4v) is 1.49. The van der Waals surface area contributed by atoms with E-state index in [0.717, 1.165) is 6.42 Å². The van der Waals surface area contributed by atoms with Crippen LogP contribution in [0.5, 0.6) is 5.75 Å². The number of halogens is 1. The summed E-state index contributed by atoms with van der Waals surface area (Å²) in [5.74, 6) is 0.503. The molecule has 3 nitrogen and oxygen atoms in total. The molecule has 0 aliphatic carbocycles. The molecule has 0 radical (unpaired) electrons. The van der Waals surface area contributed by atoms with E-state index in [2.05, 4.69) is 5.32 Å². The number of hydrogen-bond donors (Lipinski definition) is 1. The molecule has 0 atom stereocenters. The van der Waals surface area contributed by atoms with Gasteiger partial charge in [-0.25, -0.2) is 0 Å². The number of carbonyl (C=O) groups excluding carboxylic acids is 1. The second-order valence-corrected chi connectivity index (χ2v) is 3.74. The van der Waals surface area contributed by atoms with E-state index in [1.165, 1.54) is 0 Å². The lowest BCUT2D eigenvalue weighted by molar-refractivity contribution is 0.0953. The Balaban J connectivity index is 2.76. The van der Waals surface area contributed by atoms with Crippen LogP contribution >= 0.6 is 11.6 Å². The largest absolute Gasteiger partial charge is 0.492 e. The van der Waals surface area contributed by atoms with Gasteiger partial charge in [0.15, 0.2) is 0 Å². The van der Waals surface area contributed by atoms with Crippen molar-refractivity contribution in [1.82, 2.24) is 5.32 Å². The van der Waals surface area contributed by atoms with E-state index in [9.17, 15) is 4.79 Å². The molecule has 1 amide bonds. The van der Waals surface area contributed by atoms with E-state index in [1.54, 1.807) is 18.2 Å². The van der Waals surface area contributed by atoms with Gasteiger partial charge in [-0.1, -0.05) is 18.5 Å². The molecule has 1 N–H and O–H groups in total. The first-order chi connectivity index (χ1) is 7.69. The maximum absolute atomic E-state index is 11.6. The lowest BCUT2D eigenvalue weighted by Gasteiger charge is -2.08. The van der Waals surface area contributed by atoms with Crippen molar-refractivity contribution in [1.29, 1.82) is 0 Å². The van der Waals surface area contributed by atoms with Gasteiger partial charge < -0.3 is 10.1 Å². The Bertz CT molecular complexity index is 366. The fraction of sp³-hybridized carbons (Fsp3) is 0.417. The van der Waals surface area contributed by atoms with Gasteiger partial charge in [0.05, 0.1) is 11.6 Å². The highest BCUT2D eigenvalue weighted by atomic mass is 35.5. The second-order valence-electron chi connectivity index (χ2n) is 3.33. The molecule has 0 spiro atoms. The normalized spacial score (nSPS) is 9.94. The highest BCUT2D eigenvalue weighted by Gasteiger charge is 2.08. The zero-order chi connectivity index (χ0) is 12.0. The summed E-state index contributed by atoms with van der Waals surface area (Å²) < 4.78 is 5.29. The van der Waals surface area contributed by atoms with Gasteiger partial charge in [0.25, 0.3) is 5.91 Å². The summed E-state index contributed by atoms with van der Waals surface area (Å²) in [6, 6.07) is 5.05. The molecule has 88 valence electrons. The Morgan fingerprint density at radius 3 is 2.75 bits per heavy atom. The first kappa shape index (κ1) is 12.8. The van der Waals surface area contributed by atoms with Gasteiger partial charge in [-0.3, -0.25) is 4.79 Å². The van der Waals surface area contributed by atoms with Gasteiger partial charge in [-0.2, -0.15) is 0 Å². The van der Waals surface area contributed by atoms with Gasteiger partial charge in [0, 0.05) is 12.1 Å². The quantitative estimate of drug-likeness (QED) is 0.861. The van der Waals surface area contributed by atoms with Gasteiger partial charge in [0.2, 0.25) is 0 Å². The molecular formula is C12H16ClNO2. The highest BCUT2D eigenvalue weighted by molar-refractivity contribution is 6.32. The van der Waals surface area contributed by atoms with Crippen LogP contribution in [0.3, 0.4) is 0 Å². The van der Waals surface area contributed by atoms with Crippen molar-refractivity contribution < 1.29 is 9.53 Å². The van der Waals surface area contributed by atoms with Crippen LogP contribution in [-0.4, -0.2) is 19.1 Å². The SMILES string of the molecule is CCCNC(=O)c1ccc(OCC)c(Cl)c1. The zero-order valence-corrected chi connectivity index (χ0v) is 10.3. The van der Waals surface area contributed by atoms with Crippen molar-refractivity contribution in [2.45, 2.75) is 20.3 Å². The summed E-state index contributed by atoms with van der Waals surface area (Å²) in [5, 5.41) is 3.25. The van der Waals surface area contributed by atoms with Crippen LogP contribution in [0.1, 0.15) is 30.6 Å². The van der Waals surface area contributed by atoms with Crippen LogP contribution in [0, 0.1) is 0 Å². The van der Waals surface area contributed by atoms with Crippen LogP contribution in [0.2, 0.25) is 5.02 Å². The summed E-state index contributed by atoms with van der Waals surface area (Å²) in [6.45, 7) is 5.12. The van der Waals surface area contributed by atoms with Gasteiger partial charge in [-0.15, -0.1) is 0 Å². The lowest BCUT2D eigenvalue weighted by atomic mass is 10.2. The molecule has 4 heteroatoms. The van der Waals surface area contributed by atoms with Crippen molar-refractivity contribution in [2.75, 3.05) is 13.2 Å². The summed E-state index contributed by atoms with van der Waals surface area (Å²) in [7, 11) is 0. The lowest BCUT2D eigenvalue weighted by Crippen LogP contribution is -2.23. The minimum atomic E-state index is -0.105. The van der Waals surface area contributed by atoms with Crippen molar-refractivity contribution in [3.05, 3.63) is 28.8 Å². The van der Waals surface area contributed by atoms with E-state index in [0.29, 0.717) is 29.5 Å². The number of rotatable bonds is 5. The van der Waals surface area contributed by atoms with Crippen molar-refractivity contribution in [2.24, 2.45) is 0 Å². The molecule has 0 bridgehead atoms. The average molecular weight is 242 g/mol. The highest BCUT2D eigenvalue weighted by Crippen LogP contribution is 2.25. The molecule has 0 heterocycles. The van der Waals surface area contributed by atoms with Crippen molar-refractivity contribution >= 4 is 17.5 Å². The van der Waals surface area contributed by atoms with Crippen molar-refractivity contribution in [3.63, 3.8) is 0 Å². The fourth-order valence-electron chi connectivity index (χ4n) is 1.26. The Morgan fingerprint density at radius 1 is 1.44 bits per heavy atom. The smallest absolute Gasteiger partial charge is 0.251 e. The predicted octanol–water partition coefficient (Wildman–Crippen LogP) is 2.88. The van der Waals surface area contributed by atoms with E-state index in [-0.39, 0.29) is 5.91 Å². The Labute approximate surface area is 101 Å². The molecule has 0 aliphatic rings. The molecule has 1 aromatic rings. The summed E-state index contributed by atoms with van der Waals surface area (Å²) in [6.07, 6.45) is 0.913. The summed E-state index contributed by atoms with van der Waals surface area (Å²) in [5.41, 5.74) is 0.557. The number of benzene rings is 1. The maximum Gasteiger partial charge on any atom is 0.251 e. The van der Waals surface area contributed by atoms with E-state index < -0.39 is 0 Å². The number of nitrogens with one attached hydrogen (secondary N) is 1. The topological polar surface area (TPSA) is 38.3 Å². The standard InChI is InChI=1S/C12H16ClNO2/c1-3-7-14-12(15)9-5-6-11(16-4-2)10(13)8-9/h5-6,8H,3-4,7H2,1-2H3,(H,14,15). The Kier molecular flexibility index (Phi) is 5.12. The Morgan fingerprint density at radius 2 is 2.19 bits per heavy atom. The third-order valence-corrected chi connectivity index (χ3v) is 2.32. The van der Waals surface area contributed by atoms with Crippen molar-refractivity contribution in [3.8, 4) is 5.75 Å². The van der Waals surface area contributed by atoms with Gasteiger partial charge in [-0.05, 0) is 31.5 Å². The number of ether oxygens (including phenoxy) is 1. The Hall–Kier alpha value is -1.22. The van der Waals surface area contributed by atoms with Crippen LogP contribution in [-0.2, 0) is 0 Å². The van der Waals surface area contributed by atoms with Crippen LogP contribution < -0.4 is 10.1 Å². The molecule has 0 saturated heterocycles. The molecule has 0 unspecified atom stereocenters. The van der Waals surface area contributed by atoms with E-state index >= 15 is 0 Å². The maximum atomic E-state index is 11.6. The predicted molar refractivity (Wildman–Crippen MR) is 65.2 cm³/mol. The van der Waals surface area contributed by atoms with Crippen LogP contribution in [0.25, 0.3) is 0 Å². The van der Waals surface area contributed by atoms with E-state index in [4.69, 9.17) is 16.3 Å². The third kappa shape index (κ3) is 3.42. The minimum Gasteiger partial charge on any atom is -0.492 e.